The molecule has 2 amide bonds. The maximum Gasteiger partial charge on any atom is 0.261 e. The maximum absolute atomic E-state index is 13.1. The number of rotatable bonds is 12. The molecule has 0 radical (unpaired) electrons. The largest absolute Gasteiger partial charge is 0.484 e. The Morgan fingerprint density at radius 1 is 1.13 bits per heavy atom. The molecule has 168 valence electrons. The molecule has 0 bridgehead atoms. The van der Waals surface area contributed by atoms with E-state index in [9.17, 15) is 9.59 Å². The number of hydrogen-bond acceptors (Lipinski definition) is 3. The highest BCUT2D eigenvalue weighted by atomic mass is 79.9. The van der Waals surface area contributed by atoms with Crippen LogP contribution >= 0.6 is 15.9 Å². The molecule has 2 aromatic rings. The molecule has 0 heterocycles. The highest BCUT2D eigenvalue weighted by molar-refractivity contribution is 9.10. The third-order valence-electron chi connectivity index (χ3n) is 5.19. The molecule has 0 aromatic heterocycles. The monoisotopic (exact) mass is 488 g/mol. The quantitative estimate of drug-likeness (QED) is 0.432. The van der Waals surface area contributed by atoms with Gasteiger partial charge in [-0.15, -0.1) is 0 Å². The van der Waals surface area contributed by atoms with E-state index in [1.165, 1.54) is 0 Å². The van der Waals surface area contributed by atoms with Crippen molar-refractivity contribution < 1.29 is 14.3 Å². The highest BCUT2D eigenvalue weighted by Crippen LogP contribution is 2.21. The number of nitrogens with zero attached hydrogens (tertiary/aromatic N) is 1. The van der Waals surface area contributed by atoms with Gasteiger partial charge < -0.3 is 15.0 Å². The van der Waals surface area contributed by atoms with Gasteiger partial charge in [-0.1, -0.05) is 66.5 Å². The smallest absolute Gasteiger partial charge is 0.261 e. The average molecular weight is 489 g/mol. The fourth-order valence-electron chi connectivity index (χ4n) is 3.34. The molecular formula is C25H33BrN2O3. The van der Waals surface area contributed by atoms with Crippen molar-refractivity contribution in [1.29, 1.82) is 0 Å². The first-order valence-corrected chi connectivity index (χ1v) is 11.8. The van der Waals surface area contributed by atoms with Gasteiger partial charge in [-0.25, -0.2) is 0 Å². The summed E-state index contributed by atoms with van der Waals surface area (Å²) < 4.78 is 6.76. The summed E-state index contributed by atoms with van der Waals surface area (Å²) in [5.41, 5.74) is 2.17. The van der Waals surface area contributed by atoms with Gasteiger partial charge in [0.05, 0.1) is 0 Å². The summed E-state index contributed by atoms with van der Waals surface area (Å²) >= 11 is 3.47. The van der Waals surface area contributed by atoms with Crippen LogP contribution in [0.5, 0.6) is 5.75 Å². The second-order valence-electron chi connectivity index (χ2n) is 7.59. The van der Waals surface area contributed by atoms with Crippen molar-refractivity contribution in [3.63, 3.8) is 0 Å². The fraction of sp³-hybridized carbons (Fsp3) is 0.440. The van der Waals surface area contributed by atoms with Crippen molar-refractivity contribution in [3.05, 3.63) is 64.1 Å². The lowest BCUT2D eigenvalue weighted by atomic mass is 10.1. The highest BCUT2D eigenvalue weighted by Gasteiger charge is 2.28. The van der Waals surface area contributed by atoms with Gasteiger partial charge in [0.1, 0.15) is 11.8 Å². The van der Waals surface area contributed by atoms with E-state index in [0.717, 1.165) is 28.4 Å². The summed E-state index contributed by atoms with van der Waals surface area (Å²) in [6.07, 6.45) is 3.17. The molecule has 0 saturated carbocycles. The van der Waals surface area contributed by atoms with E-state index < -0.39 is 6.04 Å². The van der Waals surface area contributed by atoms with Crippen molar-refractivity contribution in [1.82, 2.24) is 10.2 Å². The molecule has 5 nitrogen and oxygen atoms in total. The van der Waals surface area contributed by atoms with Crippen LogP contribution in [0, 0.1) is 6.92 Å². The van der Waals surface area contributed by atoms with Crippen molar-refractivity contribution in [3.8, 4) is 5.75 Å². The van der Waals surface area contributed by atoms with E-state index in [4.69, 9.17) is 4.74 Å². The Morgan fingerprint density at radius 2 is 1.87 bits per heavy atom. The summed E-state index contributed by atoms with van der Waals surface area (Å²) in [6.45, 7) is 6.98. The van der Waals surface area contributed by atoms with E-state index in [2.05, 4.69) is 28.2 Å². The number of carbonyl (C=O) groups is 2. The average Bonchev–Trinajstić information content (AvgIpc) is 2.78. The Balaban J connectivity index is 2.10. The Hall–Kier alpha value is -2.34. The van der Waals surface area contributed by atoms with E-state index in [1.807, 2.05) is 62.4 Å². The first-order chi connectivity index (χ1) is 15.0. The number of carbonyl (C=O) groups excluding carboxylic acids is 2. The predicted octanol–water partition coefficient (Wildman–Crippen LogP) is 4.90. The number of benzene rings is 2. The third kappa shape index (κ3) is 8.02. The summed E-state index contributed by atoms with van der Waals surface area (Å²) in [4.78, 5) is 27.6. The predicted molar refractivity (Wildman–Crippen MR) is 128 cm³/mol. The molecule has 31 heavy (non-hydrogen) atoms. The Kier molecular flexibility index (Phi) is 10.6. The zero-order chi connectivity index (χ0) is 22.6. The molecule has 0 aliphatic heterocycles. The molecule has 1 atom stereocenters. The minimum Gasteiger partial charge on any atom is -0.484 e. The Morgan fingerprint density at radius 3 is 2.52 bits per heavy atom. The van der Waals surface area contributed by atoms with Gasteiger partial charge >= 0.3 is 0 Å². The Bertz CT molecular complexity index is 842. The number of unbranched alkanes of at least 4 members (excludes halogenated alkanes) is 1. The number of aryl methyl sites for hydroxylation is 1. The van der Waals surface area contributed by atoms with Gasteiger partial charge in [-0.3, -0.25) is 9.59 Å². The zero-order valence-electron chi connectivity index (χ0n) is 18.7. The molecule has 0 saturated heterocycles. The first kappa shape index (κ1) is 24.9. The van der Waals surface area contributed by atoms with Crippen LogP contribution in [0.2, 0.25) is 0 Å². The number of halogens is 1. The fourth-order valence-corrected chi connectivity index (χ4v) is 3.58. The summed E-state index contributed by atoms with van der Waals surface area (Å²) in [6, 6.07) is 15.1. The van der Waals surface area contributed by atoms with Crippen LogP contribution < -0.4 is 10.1 Å². The van der Waals surface area contributed by atoms with Crippen LogP contribution in [0.15, 0.2) is 53.0 Å². The molecule has 2 rings (SSSR count). The third-order valence-corrected chi connectivity index (χ3v) is 6.08. The lowest BCUT2D eigenvalue weighted by Gasteiger charge is -2.30. The van der Waals surface area contributed by atoms with Gasteiger partial charge in [0, 0.05) is 17.6 Å². The van der Waals surface area contributed by atoms with E-state index in [1.54, 1.807) is 4.90 Å². The lowest BCUT2D eigenvalue weighted by molar-refractivity contribution is -0.142. The number of amides is 2. The number of nitrogens with one attached hydrogen (secondary N) is 1. The summed E-state index contributed by atoms with van der Waals surface area (Å²) in [5.74, 6) is 0.350. The molecule has 0 unspecified atom stereocenters. The molecular weight excluding hydrogens is 456 g/mol. The van der Waals surface area contributed by atoms with Crippen LogP contribution in [0.1, 0.15) is 44.2 Å². The standard InChI is InChI=1S/C25H33BrN2O3/c1-4-6-15-27-25(30)23(5-2)28(16-14-20-10-8-7-9-11-20)24(29)18-31-21-12-13-22(26)19(3)17-21/h7-13,17,23H,4-6,14-16,18H2,1-3H3,(H,27,30)/t23-/m1/s1. The van der Waals surface area contributed by atoms with E-state index in [-0.39, 0.29) is 18.4 Å². The molecule has 1 N–H and O–H groups in total. The Labute approximate surface area is 194 Å². The second kappa shape index (κ2) is 13.2. The van der Waals surface area contributed by atoms with Crippen molar-refractivity contribution >= 4 is 27.7 Å². The van der Waals surface area contributed by atoms with Gasteiger partial charge in [0.15, 0.2) is 6.61 Å². The van der Waals surface area contributed by atoms with Crippen molar-refractivity contribution in [2.75, 3.05) is 19.7 Å². The van der Waals surface area contributed by atoms with Crippen molar-refractivity contribution in [2.24, 2.45) is 0 Å². The number of hydrogen-bond donors (Lipinski definition) is 1. The van der Waals surface area contributed by atoms with Crippen molar-refractivity contribution in [2.45, 2.75) is 52.5 Å². The summed E-state index contributed by atoms with van der Waals surface area (Å²) in [5, 5.41) is 2.98. The molecule has 0 aliphatic carbocycles. The molecule has 0 fully saturated rings. The zero-order valence-corrected chi connectivity index (χ0v) is 20.3. The summed E-state index contributed by atoms with van der Waals surface area (Å²) in [7, 11) is 0. The van der Waals surface area contributed by atoms with Gasteiger partial charge in [-0.05, 0) is 55.5 Å². The maximum atomic E-state index is 13.1. The SMILES string of the molecule is CCCCNC(=O)[C@@H](CC)N(CCc1ccccc1)C(=O)COc1ccc(Br)c(C)c1. The minimum absolute atomic E-state index is 0.100. The minimum atomic E-state index is -0.511. The van der Waals surface area contributed by atoms with Gasteiger partial charge in [0.25, 0.3) is 5.91 Å². The molecule has 0 spiro atoms. The van der Waals surface area contributed by atoms with Crippen LogP contribution in [0.4, 0.5) is 0 Å². The normalized spacial score (nSPS) is 11.6. The molecule has 2 aromatic carbocycles. The topological polar surface area (TPSA) is 58.6 Å². The van der Waals surface area contributed by atoms with Crippen LogP contribution in [0.3, 0.4) is 0 Å². The number of ether oxygens (including phenoxy) is 1. The first-order valence-electron chi connectivity index (χ1n) is 11.0. The second-order valence-corrected chi connectivity index (χ2v) is 8.45. The van der Waals surface area contributed by atoms with Crippen LogP contribution in [0.25, 0.3) is 0 Å². The molecule has 0 aliphatic rings. The van der Waals surface area contributed by atoms with Gasteiger partial charge in [0.2, 0.25) is 5.91 Å². The van der Waals surface area contributed by atoms with Crippen LogP contribution in [-0.4, -0.2) is 42.5 Å². The molecule has 6 heteroatoms. The van der Waals surface area contributed by atoms with E-state index in [0.29, 0.717) is 31.7 Å². The lowest BCUT2D eigenvalue weighted by Crippen LogP contribution is -2.51. The van der Waals surface area contributed by atoms with Gasteiger partial charge in [-0.2, -0.15) is 0 Å². The van der Waals surface area contributed by atoms with E-state index >= 15 is 0 Å². The van der Waals surface area contributed by atoms with Crippen LogP contribution in [-0.2, 0) is 16.0 Å².